The second kappa shape index (κ2) is 11.0. The fraction of sp³-hybridized carbons (Fsp3) is 0.182. The third-order valence-electron chi connectivity index (χ3n) is 3.88. The van der Waals surface area contributed by atoms with Crippen molar-refractivity contribution >= 4 is 29.6 Å². The van der Waals surface area contributed by atoms with Crippen LogP contribution in [0.25, 0.3) is 6.08 Å². The molecule has 0 saturated heterocycles. The number of carboxylic acids is 1. The molecular formula is C22H20N2O7. The number of anilines is 1. The minimum atomic E-state index is -1.13. The van der Waals surface area contributed by atoms with Crippen LogP contribution in [0.2, 0.25) is 0 Å². The van der Waals surface area contributed by atoms with Crippen LogP contribution in [-0.4, -0.2) is 43.3 Å². The van der Waals surface area contributed by atoms with Crippen molar-refractivity contribution in [2.45, 2.75) is 6.92 Å². The van der Waals surface area contributed by atoms with Crippen molar-refractivity contribution in [3.05, 3.63) is 59.2 Å². The second-order valence-corrected chi connectivity index (χ2v) is 6.01. The van der Waals surface area contributed by atoms with Crippen LogP contribution in [-0.2, 0) is 14.3 Å². The summed E-state index contributed by atoms with van der Waals surface area (Å²) in [6.45, 7) is 1.63. The standard InChI is InChI=1S/C22H20N2O7/c1-3-30-20(25)13-31-18-8-7-14(10-19(18)29-2)9-16(12-23)21(26)24-17-6-4-5-15(11-17)22(27)28/h4-11H,3,13H2,1-2H3,(H,24,26)(H,27,28). The highest BCUT2D eigenvalue weighted by Gasteiger charge is 2.13. The molecule has 1 amide bonds. The van der Waals surface area contributed by atoms with Gasteiger partial charge in [0, 0.05) is 5.69 Å². The van der Waals surface area contributed by atoms with E-state index in [0.29, 0.717) is 17.1 Å². The van der Waals surface area contributed by atoms with E-state index < -0.39 is 17.8 Å². The molecule has 9 nitrogen and oxygen atoms in total. The van der Waals surface area contributed by atoms with Crippen LogP contribution in [0, 0.1) is 11.3 Å². The zero-order valence-electron chi connectivity index (χ0n) is 16.9. The Morgan fingerprint density at radius 3 is 2.58 bits per heavy atom. The summed E-state index contributed by atoms with van der Waals surface area (Å²) in [7, 11) is 1.41. The van der Waals surface area contributed by atoms with Gasteiger partial charge in [-0.1, -0.05) is 12.1 Å². The minimum Gasteiger partial charge on any atom is -0.493 e. The molecule has 0 spiro atoms. The molecule has 2 N–H and O–H groups in total. The molecule has 0 aromatic heterocycles. The van der Waals surface area contributed by atoms with E-state index in [0.717, 1.165) is 0 Å². The Labute approximate surface area is 178 Å². The zero-order valence-corrected chi connectivity index (χ0v) is 16.9. The number of ether oxygens (including phenoxy) is 3. The maximum Gasteiger partial charge on any atom is 0.344 e. The number of carbonyl (C=O) groups is 3. The quantitative estimate of drug-likeness (QED) is 0.356. The molecule has 0 aliphatic heterocycles. The fourth-order valence-electron chi connectivity index (χ4n) is 2.48. The Kier molecular flexibility index (Phi) is 8.16. The molecule has 0 aliphatic carbocycles. The highest BCUT2D eigenvalue weighted by molar-refractivity contribution is 6.10. The molecule has 0 unspecified atom stereocenters. The van der Waals surface area contributed by atoms with Crippen molar-refractivity contribution < 1.29 is 33.7 Å². The average molecular weight is 424 g/mol. The predicted octanol–water partition coefficient (Wildman–Crippen LogP) is 2.88. The van der Waals surface area contributed by atoms with Crippen LogP contribution in [0.15, 0.2) is 48.0 Å². The summed E-state index contributed by atoms with van der Waals surface area (Å²) in [5.74, 6) is -1.77. The van der Waals surface area contributed by atoms with Gasteiger partial charge in [-0.2, -0.15) is 5.26 Å². The molecule has 2 aromatic carbocycles. The Bertz CT molecular complexity index is 1050. The van der Waals surface area contributed by atoms with E-state index in [1.54, 1.807) is 13.0 Å². The summed E-state index contributed by atoms with van der Waals surface area (Å²) in [5.41, 5.74) is 0.518. The fourth-order valence-corrected chi connectivity index (χ4v) is 2.48. The minimum absolute atomic E-state index is 0.00318. The van der Waals surface area contributed by atoms with Crippen molar-refractivity contribution in [2.75, 3.05) is 25.6 Å². The van der Waals surface area contributed by atoms with Crippen LogP contribution >= 0.6 is 0 Å². The van der Waals surface area contributed by atoms with Gasteiger partial charge in [0.25, 0.3) is 5.91 Å². The number of nitrogens with one attached hydrogen (secondary N) is 1. The Balaban J connectivity index is 2.18. The van der Waals surface area contributed by atoms with Gasteiger partial charge in [-0.25, -0.2) is 9.59 Å². The number of esters is 1. The Morgan fingerprint density at radius 2 is 1.94 bits per heavy atom. The molecule has 0 atom stereocenters. The summed E-state index contributed by atoms with van der Waals surface area (Å²) in [6.07, 6.45) is 1.34. The van der Waals surface area contributed by atoms with E-state index in [2.05, 4.69) is 5.32 Å². The average Bonchev–Trinajstić information content (AvgIpc) is 2.76. The lowest BCUT2D eigenvalue weighted by atomic mass is 10.1. The molecule has 31 heavy (non-hydrogen) atoms. The second-order valence-electron chi connectivity index (χ2n) is 6.01. The first kappa shape index (κ1) is 23.0. The molecule has 0 fully saturated rings. The van der Waals surface area contributed by atoms with E-state index in [1.807, 2.05) is 6.07 Å². The number of nitriles is 1. The molecule has 0 heterocycles. The number of rotatable bonds is 9. The first-order valence-corrected chi connectivity index (χ1v) is 9.10. The number of benzene rings is 2. The SMILES string of the molecule is CCOC(=O)COc1ccc(C=C(C#N)C(=O)Nc2cccc(C(=O)O)c2)cc1OC. The van der Waals surface area contributed by atoms with Gasteiger partial charge in [0.05, 0.1) is 19.3 Å². The predicted molar refractivity (Wildman–Crippen MR) is 111 cm³/mol. The molecule has 0 bridgehead atoms. The largest absolute Gasteiger partial charge is 0.493 e. The summed E-state index contributed by atoms with van der Waals surface area (Å²) in [6, 6.07) is 12.1. The van der Waals surface area contributed by atoms with Crippen molar-refractivity contribution in [2.24, 2.45) is 0 Å². The lowest BCUT2D eigenvalue weighted by Crippen LogP contribution is -2.15. The lowest BCUT2D eigenvalue weighted by molar-refractivity contribution is -0.145. The normalized spacial score (nSPS) is 10.5. The van der Waals surface area contributed by atoms with Gasteiger partial charge in [-0.3, -0.25) is 4.79 Å². The number of nitrogens with zero attached hydrogens (tertiary/aromatic N) is 1. The number of methoxy groups -OCH3 is 1. The zero-order chi connectivity index (χ0) is 22.8. The molecule has 2 aromatic rings. The third kappa shape index (κ3) is 6.61. The van der Waals surface area contributed by atoms with Crippen LogP contribution < -0.4 is 14.8 Å². The number of amides is 1. The maximum atomic E-state index is 12.4. The number of carboxylic acid groups (broad SMARTS) is 1. The monoisotopic (exact) mass is 424 g/mol. The topological polar surface area (TPSA) is 135 Å². The van der Waals surface area contributed by atoms with Gasteiger partial charge in [0.15, 0.2) is 18.1 Å². The summed E-state index contributed by atoms with van der Waals surface area (Å²) in [5, 5.41) is 20.9. The van der Waals surface area contributed by atoms with Crippen molar-refractivity contribution in [3.8, 4) is 17.6 Å². The van der Waals surface area contributed by atoms with Gasteiger partial charge in [-0.15, -0.1) is 0 Å². The number of aromatic carboxylic acids is 1. The van der Waals surface area contributed by atoms with Gasteiger partial charge < -0.3 is 24.6 Å². The number of hydrogen-bond acceptors (Lipinski definition) is 7. The van der Waals surface area contributed by atoms with E-state index in [1.165, 1.54) is 49.6 Å². The maximum absolute atomic E-state index is 12.4. The Hall–Kier alpha value is -4.32. The molecule has 160 valence electrons. The first-order valence-electron chi connectivity index (χ1n) is 9.10. The van der Waals surface area contributed by atoms with E-state index in [9.17, 15) is 19.6 Å². The summed E-state index contributed by atoms with van der Waals surface area (Å²) < 4.78 is 15.4. The molecular weight excluding hydrogens is 404 g/mol. The highest BCUT2D eigenvalue weighted by Crippen LogP contribution is 2.29. The molecule has 9 heteroatoms. The van der Waals surface area contributed by atoms with Crippen LogP contribution in [0.5, 0.6) is 11.5 Å². The van der Waals surface area contributed by atoms with Crippen LogP contribution in [0.3, 0.4) is 0 Å². The van der Waals surface area contributed by atoms with Crippen LogP contribution in [0.1, 0.15) is 22.8 Å². The van der Waals surface area contributed by atoms with Gasteiger partial charge in [0.1, 0.15) is 11.6 Å². The van der Waals surface area contributed by atoms with Gasteiger partial charge in [-0.05, 0) is 48.9 Å². The van der Waals surface area contributed by atoms with Gasteiger partial charge >= 0.3 is 11.9 Å². The van der Waals surface area contributed by atoms with Gasteiger partial charge in [0.2, 0.25) is 0 Å². The van der Waals surface area contributed by atoms with Crippen molar-refractivity contribution in [3.63, 3.8) is 0 Å². The number of carbonyl (C=O) groups excluding carboxylic acids is 2. The lowest BCUT2D eigenvalue weighted by Gasteiger charge is -2.11. The molecule has 0 aliphatic rings. The van der Waals surface area contributed by atoms with Crippen LogP contribution in [0.4, 0.5) is 5.69 Å². The summed E-state index contributed by atoms with van der Waals surface area (Å²) >= 11 is 0. The van der Waals surface area contributed by atoms with Crippen molar-refractivity contribution in [1.29, 1.82) is 5.26 Å². The highest BCUT2D eigenvalue weighted by atomic mass is 16.6. The smallest absolute Gasteiger partial charge is 0.344 e. The summed E-state index contributed by atoms with van der Waals surface area (Å²) in [4.78, 5) is 34.9. The van der Waals surface area contributed by atoms with Crippen molar-refractivity contribution in [1.82, 2.24) is 0 Å². The molecule has 2 rings (SSSR count). The first-order chi connectivity index (χ1) is 14.9. The Morgan fingerprint density at radius 1 is 1.16 bits per heavy atom. The van der Waals surface area contributed by atoms with E-state index >= 15 is 0 Å². The number of hydrogen-bond donors (Lipinski definition) is 2. The molecule has 0 saturated carbocycles. The molecule has 0 radical (unpaired) electrons. The third-order valence-corrected chi connectivity index (χ3v) is 3.88. The van der Waals surface area contributed by atoms with E-state index in [-0.39, 0.29) is 30.0 Å². The van der Waals surface area contributed by atoms with E-state index in [4.69, 9.17) is 19.3 Å².